The number of aryl methyl sites for hydroxylation is 1. The average molecular weight is 518 g/mol. The molecule has 1 aromatic carbocycles. The monoisotopic (exact) mass is 517 g/mol. The van der Waals surface area contributed by atoms with Crippen LogP contribution < -0.4 is 10.6 Å². The van der Waals surface area contributed by atoms with Crippen LogP contribution in [0, 0.1) is 0 Å². The average Bonchev–Trinajstić information content (AvgIpc) is 2.72. The van der Waals surface area contributed by atoms with Gasteiger partial charge in [-0.3, -0.25) is 9.89 Å². The molecule has 1 unspecified atom stereocenters. The summed E-state index contributed by atoms with van der Waals surface area (Å²) in [7, 11) is 4.24. The third-order valence-electron chi connectivity index (χ3n) is 5.21. The van der Waals surface area contributed by atoms with Crippen molar-refractivity contribution in [2.24, 2.45) is 4.99 Å². The summed E-state index contributed by atoms with van der Waals surface area (Å²) in [6.45, 7) is 11.8. The maximum absolute atomic E-state index is 5.41. The van der Waals surface area contributed by atoms with Gasteiger partial charge in [0.2, 0.25) is 0 Å². The van der Waals surface area contributed by atoms with Gasteiger partial charge in [-0.2, -0.15) is 0 Å². The molecule has 0 aromatic heterocycles. The van der Waals surface area contributed by atoms with E-state index in [-0.39, 0.29) is 30.0 Å². The smallest absolute Gasteiger partial charge is 0.191 e. The van der Waals surface area contributed by atoms with Crippen molar-refractivity contribution in [2.75, 3.05) is 66.6 Å². The van der Waals surface area contributed by atoms with E-state index in [2.05, 4.69) is 72.6 Å². The van der Waals surface area contributed by atoms with Crippen LogP contribution in [-0.2, 0) is 11.2 Å². The number of likely N-dealkylation sites (N-methyl/N-ethyl adjacent to an activating group) is 1. The zero-order valence-electron chi connectivity index (χ0n) is 18.6. The fraction of sp³-hybridized carbons (Fsp3) is 0.682. The second-order valence-electron chi connectivity index (χ2n) is 7.53. The molecule has 0 amide bonds. The molecule has 1 saturated heterocycles. The number of hydrogen-bond acceptors (Lipinski definition) is 4. The van der Waals surface area contributed by atoms with Crippen molar-refractivity contribution in [3.63, 3.8) is 0 Å². The van der Waals surface area contributed by atoms with E-state index < -0.39 is 0 Å². The molecule has 0 aliphatic carbocycles. The summed E-state index contributed by atoms with van der Waals surface area (Å²) in [5.41, 5.74) is 2.69. The van der Waals surface area contributed by atoms with E-state index in [0.717, 1.165) is 71.3 Å². The Morgan fingerprint density at radius 1 is 1.14 bits per heavy atom. The largest absolute Gasteiger partial charge is 0.379 e. The highest BCUT2D eigenvalue weighted by Crippen LogP contribution is 2.19. The van der Waals surface area contributed by atoms with Crippen LogP contribution in [0.2, 0.25) is 0 Å². The minimum atomic E-state index is 0. The zero-order chi connectivity index (χ0) is 20.2. The number of rotatable bonds is 10. The molecule has 0 spiro atoms. The first kappa shape index (κ1) is 26.1. The lowest BCUT2D eigenvalue weighted by molar-refractivity contribution is 0.0376. The number of halogens is 1. The maximum Gasteiger partial charge on any atom is 0.191 e. The number of aliphatic imine (C=N–C) groups is 1. The van der Waals surface area contributed by atoms with Crippen molar-refractivity contribution in [1.29, 1.82) is 0 Å². The van der Waals surface area contributed by atoms with Gasteiger partial charge in [0.25, 0.3) is 0 Å². The van der Waals surface area contributed by atoms with Crippen LogP contribution in [0.15, 0.2) is 29.3 Å². The van der Waals surface area contributed by atoms with Gasteiger partial charge in [-0.25, -0.2) is 0 Å². The van der Waals surface area contributed by atoms with Crippen molar-refractivity contribution in [2.45, 2.75) is 32.7 Å². The molecule has 0 saturated carbocycles. The van der Waals surface area contributed by atoms with E-state index in [1.54, 1.807) is 0 Å². The lowest BCUT2D eigenvalue weighted by Gasteiger charge is -2.26. The SMILES string of the molecule is CCNC(=NCC(c1ccc(CC)cc1)N(C)C)NCCCN1CCOCC1.I. The van der Waals surface area contributed by atoms with E-state index in [4.69, 9.17) is 9.73 Å². The van der Waals surface area contributed by atoms with E-state index >= 15 is 0 Å². The highest BCUT2D eigenvalue weighted by Gasteiger charge is 2.14. The van der Waals surface area contributed by atoms with Crippen LogP contribution in [0.5, 0.6) is 0 Å². The van der Waals surface area contributed by atoms with E-state index in [9.17, 15) is 0 Å². The molecule has 166 valence electrons. The van der Waals surface area contributed by atoms with E-state index in [0.29, 0.717) is 0 Å². The number of guanidine groups is 1. The Balaban J connectivity index is 0.00000420. The number of ether oxygens (including phenoxy) is 1. The van der Waals surface area contributed by atoms with Crippen LogP contribution in [0.4, 0.5) is 0 Å². The standard InChI is InChI=1S/C22H39N5O.HI/c1-5-19-8-10-20(11-9-19)21(26(3)4)18-25-22(23-6-2)24-12-7-13-27-14-16-28-17-15-27;/h8-11,21H,5-7,12-18H2,1-4H3,(H2,23,24,25);1H. The highest BCUT2D eigenvalue weighted by atomic mass is 127. The Hall–Kier alpha value is -0.900. The summed E-state index contributed by atoms with van der Waals surface area (Å²) < 4.78 is 5.41. The summed E-state index contributed by atoms with van der Waals surface area (Å²) >= 11 is 0. The third kappa shape index (κ3) is 9.63. The van der Waals surface area contributed by atoms with Crippen molar-refractivity contribution >= 4 is 29.9 Å². The predicted octanol–water partition coefficient (Wildman–Crippen LogP) is 2.75. The summed E-state index contributed by atoms with van der Waals surface area (Å²) in [4.78, 5) is 9.57. The quantitative estimate of drug-likeness (QED) is 0.217. The molecule has 0 bridgehead atoms. The topological polar surface area (TPSA) is 52.1 Å². The van der Waals surface area contributed by atoms with Gasteiger partial charge in [-0.1, -0.05) is 31.2 Å². The van der Waals surface area contributed by atoms with Gasteiger partial charge in [0, 0.05) is 26.2 Å². The fourth-order valence-electron chi connectivity index (χ4n) is 3.40. The first-order valence-corrected chi connectivity index (χ1v) is 10.7. The van der Waals surface area contributed by atoms with Crippen molar-refractivity contribution in [1.82, 2.24) is 20.4 Å². The Kier molecular flexibility index (Phi) is 13.5. The predicted molar refractivity (Wildman–Crippen MR) is 134 cm³/mol. The molecule has 1 fully saturated rings. The molecule has 0 radical (unpaired) electrons. The number of nitrogens with one attached hydrogen (secondary N) is 2. The molecule has 29 heavy (non-hydrogen) atoms. The fourth-order valence-corrected chi connectivity index (χ4v) is 3.40. The summed E-state index contributed by atoms with van der Waals surface area (Å²) in [6.07, 6.45) is 2.18. The van der Waals surface area contributed by atoms with Crippen LogP contribution in [0.3, 0.4) is 0 Å². The Morgan fingerprint density at radius 2 is 1.83 bits per heavy atom. The van der Waals surface area contributed by atoms with Gasteiger partial charge in [0.05, 0.1) is 25.8 Å². The molecule has 1 aromatic rings. The second-order valence-corrected chi connectivity index (χ2v) is 7.53. The molecule has 1 aliphatic rings. The maximum atomic E-state index is 5.41. The minimum absolute atomic E-state index is 0. The van der Waals surface area contributed by atoms with Gasteiger partial charge in [0.15, 0.2) is 5.96 Å². The van der Waals surface area contributed by atoms with Crippen LogP contribution in [0.1, 0.15) is 37.4 Å². The van der Waals surface area contributed by atoms with Gasteiger partial charge >= 0.3 is 0 Å². The van der Waals surface area contributed by atoms with Gasteiger partial charge in [-0.15, -0.1) is 24.0 Å². The molecule has 2 N–H and O–H groups in total. The molecular weight excluding hydrogens is 477 g/mol. The Labute approximate surface area is 194 Å². The van der Waals surface area contributed by atoms with Gasteiger partial charge in [0.1, 0.15) is 0 Å². The normalized spacial score (nSPS) is 16.4. The molecule has 7 heteroatoms. The number of nitrogens with zero attached hydrogens (tertiary/aromatic N) is 3. The number of benzene rings is 1. The van der Waals surface area contributed by atoms with Crippen LogP contribution in [-0.4, -0.2) is 82.3 Å². The summed E-state index contributed by atoms with van der Waals surface area (Å²) in [5.74, 6) is 0.904. The molecule has 1 heterocycles. The first-order chi connectivity index (χ1) is 13.6. The third-order valence-corrected chi connectivity index (χ3v) is 5.21. The van der Waals surface area contributed by atoms with E-state index in [1.165, 1.54) is 11.1 Å². The summed E-state index contributed by atoms with van der Waals surface area (Å²) in [6, 6.07) is 9.20. The van der Waals surface area contributed by atoms with Gasteiger partial charge < -0.3 is 20.3 Å². The van der Waals surface area contributed by atoms with Crippen LogP contribution in [0.25, 0.3) is 0 Å². The van der Waals surface area contributed by atoms with Crippen molar-refractivity contribution in [3.8, 4) is 0 Å². The van der Waals surface area contributed by atoms with Crippen molar-refractivity contribution < 1.29 is 4.74 Å². The van der Waals surface area contributed by atoms with Crippen LogP contribution >= 0.6 is 24.0 Å². The first-order valence-electron chi connectivity index (χ1n) is 10.7. The second kappa shape index (κ2) is 15.0. The summed E-state index contributed by atoms with van der Waals surface area (Å²) in [5, 5.41) is 6.86. The molecular formula is C22H40IN5O. The number of morpholine rings is 1. The molecule has 2 rings (SSSR count). The van der Waals surface area contributed by atoms with Crippen molar-refractivity contribution in [3.05, 3.63) is 35.4 Å². The van der Waals surface area contributed by atoms with Gasteiger partial charge in [-0.05, 0) is 51.5 Å². The lowest BCUT2D eigenvalue weighted by Crippen LogP contribution is -2.41. The molecule has 1 aliphatic heterocycles. The molecule has 1 atom stereocenters. The molecule has 6 nitrogen and oxygen atoms in total. The highest BCUT2D eigenvalue weighted by molar-refractivity contribution is 14.0. The number of hydrogen-bond donors (Lipinski definition) is 2. The Bertz CT molecular complexity index is 573. The minimum Gasteiger partial charge on any atom is -0.379 e. The zero-order valence-corrected chi connectivity index (χ0v) is 20.9. The van der Waals surface area contributed by atoms with E-state index in [1.807, 2.05) is 0 Å². The Morgan fingerprint density at radius 3 is 2.41 bits per heavy atom. The lowest BCUT2D eigenvalue weighted by atomic mass is 10.0.